The maximum Gasteiger partial charge on any atom is 0.251 e. The molecule has 0 bridgehead atoms. The summed E-state index contributed by atoms with van der Waals surface area (Å²) in [4.78, 5) is 15.0. The zero-order chi connectivity index (χ0) is 22.0. The van der Waals surface area contributed by atoms with Crippen LogP contribution in [0.1, 0.15) is 58.3 Å². The Labute approximate surface area is 180 Å². The van der Waals surface area contributed by atoms with E-state index in [0.717, 1.165) is 19.6 Å². The third-order valence-electron chi connectivity index (χ3n) is 4.78. The Morgan fingerprint density at radius 1 is 1.24 bits per heavy atom. The highest BCUT2D eigenvalue weighted by Gasteiger charge is 2.26. The fourth-order valence-corrected chi connectivity index (χ4v) is 5.94. The van der Waals surface area contributed by atoms with Gasteiger partial charge in [0.05, 0.1) is 5.02 Å². The summed E-state index contributed by atoms with van der Waals surface area (Å²) >= 11 is 6.12. The molecule has 0 spiro atoms. The Morgan fingerprint density at radius 2 is 1.83 bits per heavy atom. The van der Waals surface area contributed by atoms with Crippen LogP contribution in [-0.2, 0) is 10.0 Å². The van der Waals surface area contributed by atoms with Crippen LogP contribution in [0.4, 0.5) is 0 Å². The molecule has 1 aliphatic rings. The number of sulfonamides is 1. The van der Waals surface area contributed by atoms with Crippen LogP contribution in [0.25, 0.3) is 0 Å². The molecule has 8 heteroatoms. The monoisotopic (exact) mass is 443 g/mol. The Balaban J connectivity index is 2.09. The van der Waals surface area contributed by atoms with Gasteiger partial charge < -0.3 is 10.2 Å². The maximum absolute atomic E-state index is 12.7. The van der Waals surface area contributed by atoms with Crippen molar-refractivity contribution in [3.63, 3.8) is 0 Å². The van der Waals surface area contributed by atoms with Crippen LogP contribution < -0.4 is 10.0 Å². The van der Waals surface area contributed by atoms with Crippen molar-refractivity contribution < 1.29 is 13.2 Å². The van der Waals surface area contributed by atoms with Crippen LogP contribution in [0, 0.1) is 11.8 Å². The van der Waals surface area contributed by atoms with Gasteiger partial charge in [0.15, 0.2) is 0 Å². The minimum absolute atomic E-state index is 0.0524. The van der Waals surface area contributed by atoms with Crippen molar-refractivity contribution in [1.29, 1.82) is 0 Å². The SMILES string of the molecule is CC1CC(C)CN(CC(C)NC(=O)c2ccc(Cl)c(S(=O)(=O)NC(C)(C)C)c2)C1. The van der Waals surface area contributed by atoms with Gasteiger partial charge in [0.1, 0.15) is 4.90 Å². The molecule has 2 rings (SSSR count). The van der Waals surface area contributed by atoms with Gasteiger partial charge in [-0.3, -0.25) is 4.79 Å². The quantitative estimate of drug-likeness (QED) is 0.705. The van der Waals surface area contributed by atoms with Gasteiger partial charge in [-0.25, -0.2) is 13.1 Å². The number of nitrogens with zero attached hydrogens (tertiary/aromatic N) is 1. The number of carbonyl (C=O) groups excluding carboxylic acids is 1. The molecule has 0 aliphatic carbocycles. The molecule has 3 unspecified atom stereocenters. The lowest BCUT2D eigenvalue weighted by molar-refractivity contribution is 0.0904. The summed E-state index contributed by atoms with van der Waals surface area (Å²) < 4.78 is 27.9. The lowest BCUT2D eigenvalue weighted by Crippen LogP contribution is -2.47. The van der Waals surface area contributed by atoms with Gasteiger partial charge in [0, 0.05) is 36.8 Å². The zero-order valence-electron chi connectivity index (χ0n) is 18.3. The van der Waals surface area contributed by atoms with E-state index in [1.807, 2.05) is 6.92 Å². The zero-order valence-corrected chi connectivity index (χ0v) is 19.8. The fourth-order valence-electron chi connectivity index (χ4n) is 3.99. The third-order valence-corrected chi connectivity index (χ3v) is 7.02. The van der Waals surface area contributed by atoms with E-state index in [2.05, 4.69) is 28.8 Å². The van der Waals surface area contributed by atoms with E-state index >= 15 is 0 Å². The number of amides is 1. The molecule has 1 amide bonds. The number of carbonyl (C=O) groups is 1. The summed E-state index contributed by atoms with van der Waals surface area (Å²) in [5, 5.41) is 3.07. The van der Waals surface area contributed by atoms with Crippen molar-refractivity contribution in [3.8, 4) is 0 Å². The number of halogens is 1. The van der Waals surface area contributed by atoms with E-state index in [9.17, 15) is 13.2 Å². The summed E-state index contributed by atoms with van der Waals surface area (Å²) in [6.45, 7) is 14.6. The predicted molar refractivity (Wildman–Crippen MR) is 118 cm³/mol. The lowest BCUT2D eigenvalue weighted by Gasteiger charge is -2.36. The summed E-state index contributed by atoms with van der Waals surface area (Å²) in [5.74, 6) is 1.00. The van der Waals surface area contributed by atoms with Crippen molar-refractivity contribution in [2.45, 2.75) is 64.4 Å². The summed E-state index contributed by atoms with van der Waals surface area (Å²) in [5.41, 5.74) is -0.381. The number of piperidine rings is 1. The summed E-state index contributed by atoms with van der Waals surface area (Å²) in [6, 6.07) is 4.28. The molecule has 6 nitrogen and oxygen atoms in total. The normalized spacial score (nSPS) is 22.3. The van der Waals surface area contributed by atoms with Crippen LogP contribution in [0.5, 0.6) is 0 Å². The first-order valence-corrected chi connectivity index (χ1v) is 12.0. The van der Waals surface area contributed by atoms with Crippen molar-refractivity contribution in [2.24, 2.45) is 11.8 Å². The fraction of sp³-hybridized carbons (Fsp3) is 0.667. The Morgan fingerprint density at radius 3 is 2.38 bits per heavy atom. The molecule has 1 aromatic carbocycles. The summed E-state index contributed by atoms with van der Waals surface area (Å²) in [6.07, 6.45) is 1.24. The van der Waals surface area contributed by atoms with Crippen LogP contribution in [-0.4, -0.2) is 50.4 Å². The van der Waals surface area contributed by atoms with E-state index in [4.69, 9.17) is 11.6 Å². The van der Waals surface area contributed by atoms with Gasteiger partial charge >= 0.3 is 0 Å². The molecule has 3 atom stereocenters. The second-order valence-corrected chi connectivity index (χ2v) is 11.6. The van der Waals surface area contributed by atoms with Gasteiger partial charge in [-0.1, -0.05) is 25.4 Å². The third kappa shape index (κ3) is 7.24. The molecule has 29 heavy (non-hydrogen) atoms. The van der Waals surface area contributed by atoms with Crippen LogP contribution in [0.3, 0.4) is 0 Å². The molecule has 0 saturated carbocycles. The minimum Gasteiger partial charge on any atom is -0.348 e. The number of nitrogens with one attached hydrogen (secondary N) is 2. The summed E-state index contributed by atoms with van der Waals surface area (Å²) in [7, 11) is -3.84. The number of rotatable bonds is 6. The van der Waals surface area contributed by atoms with Gasteiger partial charge in [-0.05, 0) is 64.2 Å². The van der Waals surface area contributed by atoms with Crippen LogP contribution >= 0.6 is 11.6 Å². The smallest absolute Gasteiger partial charge is 0.251 e. The Kier molecular flexibility index (Phi) is 7.76. The number of benzene rings is 1. The first-order valence-electron chi connectivity index (χ1n) is 10.1. The second kappa shape index (κ2) is 9.33. The standard InChI is InChI=1S/C21H34ClN3O3S/c1-14-9-15(2)12-25(11-14)13-16(3)23-20(26)17-7-8-18(22)19(10-17)29(27,28)24-21(4,5)6/h7-8,10,14-16,24H,9,11-13H2,1-6H3,(H,23,26). The maximum atomic E-state index is 12.7. The Hall–Kier alpha value is -1.15. The molecule has 1 fully saturated rings. The van der Waals surface area contributed by atoms with Crippen molar-refractivity contribution in [1.82, 2.24) is 14.9 Å². The molecule has 164 valence electrons. The van der Waals surface area contributed by atoms with Crippen molar-refractivity contribution in [2.75, 3.05) is 19.6 Å². The molecule has 1 saturated heterocycles. The molecule has 1 aromatic rings. The van der Waals surface area contributed by atoms with E-state index in [1.54, 1.807) is 26.8 Å². The molecular weight excluding hydrogens is 410 g/mol. The van der Waals surface area contributed by atoms with Gasteiger partial charge in [0.2, 0.25) is 10.0 Å². The molecule has 0 aromatic heterocycles. The lowest BCUT2D eigenvalue weighted by atomic mass is 9.92. The van der Waals surface area contributed by atoms with Crippen LogP contribution in [0.15, 0.2) is 23.1 Å². The van der Waals surface area contributed by atoms with Gasteiger partial charge in [-0.2, -0.15) is 0 Å². The van der Waals surface area contributed by atoms with E-state index < -0.39 is 15.6 Å². The van der Waals surface area contributed by atoms with E-state index in [-0.39, 0.29) is 27.4 Å². The minimum atomic E-state index is -3.84. The first kappa shape index (κ1) is 24.1. The molecular formula is C21H34ClN3O3S. The van der Waals surface area contributed by atoms with Gasteiger partial charge in [-0.15, -0.1) is 0 Å². The highest BCUT2D eigenvalue weighted by molar-refractivity contribution is 7.89. The molecule has 0 radical (unpaired) electrons. The van der Waals surface area contributed by atoms with Crippen molar-refractivity contribution >= 4 is 27.5 Å². The number of hydrogen-bond donors (Lipinski definition) is 2. The molecule has 1 aliphatic heterocycles. The first-order chi connectivity index (χ1) is 13.3. The highest BCUT2D eigenvalue weighted by Crippen LogP contribution is 2.24. The topological polar surface area (TPSA) is 78.5 Å². The number of hydrogen-bond acceptors (Lipinski definition) is 4. The second-order valence-electron chi connectivity index (χ2n) is 9.54. The Bertz CT molecular complexity index is 826. The highest BCUT2D eigenvalue weighted by atomic mass is 35.5. The van der Waals surface area contributed by atoms with Crippen molar-refractivity contribution in [3.05, 3.63) is 28.8 Å². The van der Waals surface area contributed by atoms with E-state index in [1.165, 1.54) is 18.6 Å². The van der Waals surface area contributed by atoms with Gasteiger partial charge in [0.25, 0.3) is 5.91 Å². The van der Waals surface area contributed by atoms with E-state index in [0.29, 0.717) is 11.8 Å². The number of likely N-dealkylation sites (tertiary alicyclic amines) is 1. The van der Waals surface area contributed by atoms with Crippen LogP contribution in [0.2, 0.25) is 5.02 Å². The largest absolute Gasteiger partial charge is 0.348 e. The average Bonchev–Trinajstić information content (AvgIpc) is 2.51. The predicted octanol–water partition coefficient (Wildman–Crippen LogP) is 3.51. The molecule has 2 N–H and O–H groups in total. The molecule has 1 heterocycles. The average molecular weight is 444 g/mol.